The number of benzene rings is 2. The van der Waals surface area contributed by atoms with Crippen molar-refractivity contribution in [2.45, 2.75) is 25.7 Å². The first-order chi connectivity index (χ1) is 16.4. The maximum absolute atomic E-state index is 12.8. The lowest BCUT2D eigenvalue weighted by molar-refractivity contribution is -0.122. The van der Waals surface area contributed by atoms with Gasteiger partial charge in [0.05, 0.1) is 10.5 Å². The van der Waals surface area contributed by atoms with Gasteiger partial charge in [-0.15, -0.1) is 0 Å². The molecule has 8 nitrogen and oxygen atoms in total. The van der Waals surface area contributed by atoms with Crippen LogP contribution in [0.1, 0.15) is 41.6 Å². The normalized spacial score (nSPS) is 15.8. The van der Waals surface area contributed by atoms with Gasteiger partial charge in [-0.25, -0.2) is 4.79 Å². The van der Waals surface area contributed by atoms with Crippen molar-refractivity contribution < 1.29 is 29.0 Å². The molecule has 2 amide bonds. The van der Waals surface area contributed by atoms with Gasteiger partial charge in [0.2, 0.25) is 12.7 Å². The van der Waals surface area contributed by atoms with Crippen molar-refractivity contribution in [3.8, 4) is 11.5 Å². The number of thioether (sulfide) groups is 1. The lowest BCUT2D eigenvalue weighted by Crippen LogP contribution is -2.29. The number of fused-ring (bicyclic) bond motifs is 1. The average molecular weight is 499 g/mol. The molecule has 2 N–H and O–H groups in total. The molecule has 0 bridgehead atoms. The second-order valence-corrected chi connectivity index (χ2v) is 9.37. The van der Waals surface area contributed by atoms with Crippen LogP contribution in [0.4, 0.5) is 5.69 Å². The molecule has 176 valence electrons. The summed E-state index contributed by atoms with van der Waals surface area (Å²) in [4.78, 5) is 38.1. The number of carbonyl (C=O) groups excluding carboxylic acids is 2. The number of aromatic carboxylic acids is 1. The largest absolute Gasteiger partial charge is 0.478 e. The third kappa shape index (κ3) is 5.75. The van der Waals surface area contributed by atoms with Crippen molar-refractivity contribution in [2.24, 2.45) is 0 Å². The summed E-state index contributed by atoms with van der Waals surface area (Å²) in [6, 6.07) is 11.6. The Hall–Kier alpha value is -3.37. The molecule has 2 aliphatic heterocycles. The maximum Gasteiger partial charge on any atom is 0.335 e. The topological polar surface area (TPSA) is 105 Å². The van der Waals surface area contributed by atoms with Gasteiger partial charge in [-0.05, 0) is 54.8 Å². The fourth-order valence-corrected chi connectivity index (χ4v) is 4.84. The number of carbonyl (C=O) groups is 3. The molecule has 4 rings (SSSR count). The van der Waals surface area contributed by atoms with Crippen molar-refractivity contribution in [3.63, 3.8) is 0 Å². The Morgan fingerprint density at radius 1 is 1.12 bits per heavy atom. The molecule has 2 heterocycles. The predicted octanol–water partition coefficient (Wildman–Crippen LogP) is 4.51. The maximum atomic E-state index is 12.8. The van der Waals surface area contributed by atoms with E-state index in [1.807, 2.05) is 18.2 Å². The van der Waals surface area contributed by atoms with Crippen LogP contribution < -0.4 is 14.8 Å². The van der Waals surface area contributed by atoms with Gasteiger partial charge in [0.15, 0.2) is 11.5 Å². The first-order valence-corrected chi connectivity index (χ1v) is 11.9. The zero-order valence-corrected chi connectivity index (χ0v) is 19.7. The van der Waals surface area contributed by atoms with Gasteiger partial charge in [-0.1, -0.05) is 42.5 Å². The van der Waals surface area contributed by atoms with E-state index in [0.29, 0.717) is 52.2 Å². The highest BCUT2D eigenvalue weighted by Gasteiger charge is 2.31. The van der Waals surface area contributed by atoms with E-state index in [0.717, 1.165) is 12.0 Å². The zero-order valence-electron chi connectivity index (χ0n) is 18.1. The molecular weight excluding hydrogens is 476 g/mol. The molecule has 0 radical (unpaired) electrons. The van der Waals surface area contributed by atoms with Gasteiger partial charge in [-0.2, -0.15) is 0 Å². The number of unbranched alkanes of at least 4 members (excludes halogenated alkanes) is 2. The molecule has 0 atom stereocenters. The SMILES string of the molecule is O=C(CCCCCN1C(=O)C(=Cc2ccc3c(c2)OCO3)SC1=S)Nc1cccc(C(=O)O)c1. The van der Waals surface area contributed by atoms with Crippen LogP contribution in [0, 0.1) is 0 Å². The number of hydrogen-bond acceptors (Lipinski definition) is 7. The first kappa shape index (κ1) is 23.8. The van der Waals surface area contributed by atoms with Crippen LogP contribution >= 0.6 is 24.0 Å². The van der Waals surface area contributed by atoms with Crippen LogP contribution in [0.2, 0.25) is 0 Å². The molecule has 0 saturated carbocycles. The number of anilines is 1. The Kier molecular flexibility index (Phi) is 7.49. The number of rotatable bonds is 9. The van der Waals surface area contributed by atoms with Gasteiger partial charge in [0.25, 0.3) is 5.91 Å². The fraction of sp³-hybridized carbons (Fsp3) is 0.250. The minimum Gasteiger partial charge on any atom is -0.478 e. The van der Waals surface area contributed by atoms with E-state index < -0.39 is 5.97 Å². The van der Waals surface area contributed by atoms with Gasteiger partial charge >= 0.3 is 5.97 Å². The summed E-state index contributed by atoms with van der Waals surface area (Å²) >= 11 is 6.66. The minimum atomic E-state index is -1.04. The molecule has 1 saturated heterocycles. The van der Waals surface area contributed by atoms with E-state index in [2.05, 4.69) is 5.32 Å². The summed E-state index contributed by atoms with van der Waals surface area (Å²) in [5.74, 6) is -0.00363. The van der Waals surface area contributed by atoms with Crippen LogP contribution in [-0.4, -0.2) is 45.4 Å². The first-order valence-electron chi connectivity index (χ1n) is 10.7. The van der Waals surface area contributed by atoms with Crippen LogP contribution in [0.25, 0.3) is 6.08 Å². The lowest BCUT2D eigenvalue weighted by atomic mass is 10.1. The highest BCUT2D eigenvalue weighted by Crippen LogP contribution is 2.36. The third-order valence-corrected chi connectivity index (χ3v) is 6.62. The van der Waals surface area contributed by atoms with Crippen molar-refractivity contribution >= 4 is 57.8 Å². The second-order valence-electron chi connectivity index (χ2n) is 7.69. The number of amides is 2. The Morgan fingerprint density at radius 2 is 1.94 bits per heavy atom. The zero-order chi connectivity index (χ0) is 24.1. The summed E-state index contributed by atoms with van der Waals surface area (Å²) < 4.78 is 11.2. The number of hydrogen-bond donors (Lipinski definition) is 2. The van der Waals surface area contributed by atoms with Gasteiger partial charge in [0.1, 0.15) is 4.32 Å². The molecule has 2 aliphatic rings. The van der Waals surface area contributed by atoms with Crippen molar-refractivity contribution in [2.75, 3.05) is 18.7 Å². The predicted molar refractivity (Wildman–Crippen MR) is 133 cm³/mol. The highest BCUT2D eigenvalue weighted by atomic mass is 32.2. The van der Waals surface area contributed by atoms with Crippen LogP contribution in [0.3, 0.4) is 0 Å². The minimum absolute atomic E-state index is 0.119. The average Bonchev–Trinajstić information content (AvgIpc) is 3.38. The summed E-state index contributed by atoms with van der Waals surface area (Å²) in [5, 5.41) is 11.7. The van der Waals surface area contributed by atoms with E-state index in [-0.39, 0.29) is 24.2 Å². The van der Waals surface area contributed by atoms with Gasteiger partial charge in [-0.3, -0.25) is 14.5 Å². The Balaban J connectivity index is 1.21. The molecule has 0 spiro atoms. The highest BCUT2D eigenvalue weighted by molar-refractivity contribution is 8.26. The van der Waals surface area contributed by atoms with E-state index in [1.165, 1.54) is 23.9 Å². The lowest BCUT2D eigenvalue weighted by Gasteiger charge is -2.14. The van der Waals surface area contributed by atoms with Gasteiger partial charge in [0, 0.05) is 18.7 Å². The monoisotopic (exact) mass is 498 g/mol. The van der Waals surface area contributed by atoms with Crippen molar-refractivity contribution in [1.82, 2.24) is 4.90 Å². The number of carboxylic acid groups (broad SMARTS) is 1. The van der Waals surface area contributed by atoms with Crippen molar-refractivity contribution in [1.29, 1.82) is 0 Å². The summed E-state index contributed by atoms with van der Waals surface area (Å²) in [6.07, 6.45) is 4.21. The number of carboxylic acids is 1. The number of thiocarbonyl (C=S) groups is 1. The van der Waals surface area contributed by atoms with E-state index in [1.54, 1.807) is 23.1 Å². The molecule has 0 unspecified atom stereocenters. The molecule has 1 fully saturated rings. The Labute approximate surface area is 205 Å². The van der Waals surface area contributed by atoms with Crippen LogP contribution in [-0.2, 0) is 9.59 Å². The summed E-state index contributed by atoms with van der Waals surface area (Å²) in [7, 11) is 0. The second kappa shape index (κ2) is 10.7. The van der Waals surface area contributed by atoms with E-state index in [9.17, 15) is 14.4 Å². The smallest absolute Gasteiger partial charge is 0.335 e. The van der Waals surface area contributed by atoms with Gasteiger partial charge < -0.3 is 19.9 Å². The number of nitrogens with zero attached hydrogens (tertiary/aromatic N) is 1. The molecule has 2 aromatic rings. The molecule has 34 heavy (non-hydrogen) atoms. The Morgan fingerprint density at radius 3 is 2.76 bits per heavy atom. The molecule has 0 aliphatic carbocycles. The van der Waals surface area contributed by atoms with E-state index in [4.69, 9.17) is 26.8 Å². The molecule has 10 heteroatoms. The van der Waals surface area contributed by atoms with Crippen LogP contribution in [0.15, 0.2) is 47.4 Å². The molecular formula is C24H22N2O6S2. The standard InChI is InChI=1S/C24H22N2O6S2/c27-21(25-17-6-4-5-16(13-17)23(29)30)7-2-1-3-10-26-22(28)20(34-24(26)33)12-15-8-9-18-19(11-15)32-14-31-18/h4-6,8-9,11-13H,1-3,7,10,14H2,(H,25,27)(H,29,30). The fourth-order valence-electron chi connectivity index (χ4n) is 3.53. The summed E-state index contributed by atoms with van der Waals surface area (Å²) in [6.45, 7) is 0.686. The summed E-state index contributed by atoms with van der Waals surface area (Å²) in [5.41, 5.74) is 1.41. The molecule has 0 aromatic heterocycles. The number of ether oxygens (including phenoxy) is 2. The Bertz CT molecular complexity index is 1180. The van der Waals surface area contributed by atoms with Crippen LogP contribution in [0.5, 0.6) is 11.5 Å². The number of nitrogens with one attached hydrogen (secondary N) is 1. The molecule has 2 aromatic carbocycles. The van der Waals surface area contributed by atoms with Crippen molar-refractivity contribution in [3.05, 3.63) is 58.5 Å². The third-order valence-electron chi connectivity index (χ3n) is 5.25. The quantitative estimate of drug-likeness (QED) is 0.296. The van der Waals surface area contributed by atoms with E-state index >= 15 is 0 Å².